The first-order chi connectivity index (χ1) is 15.4. The fourth-order valence-corrected chi connectivity index (χ4v) is 4.62. The second-order valence-electron chi connectivity index (χ2n) is 8.30. The maximum atomic E-state index is 13.1. The highest BCUT2D eigenvalue weighted by Gasteiger charge is 2.27. The maximum Gasteiger partial charge on any atom is 0.239 e. The average molecular weight is 429 g/mol. The fourth-order valence-electron chi connectivity index (χ4n) is 4.62. The lowest BCUT2D eigenvalue weighted by atomic mass is 10.1. The van der Waals surface area contributed by atoms with Crippen molar-refractivity contribution < 1.29 is 9.53 Å². The van der Waals surface area contributed by atoms with Gasteiger partial charge in [-0.3, -0.25) is 14.3 Å². The molecule has 1 aliphatic carbocycles. The molecule has 32 heavy (non-hydrogen) atoms. The monoisotopic (exact) mass is 428 g/mol. The molecule has 0 aliphatic heterocycles. The molecule has 0 saturated carbocycles. The Morgan fingerprint density at radius 2 is 1.94 bits per heavy atom. The Morgan fingerprint density at radius 1 is 1.22 bits per heavy atom. The Hall–Kier alpha value is -3.56. The summed E-state index contributed by atoms with van der Waals surface area (Å²) in [4.78, 5) is 15.2. The van der Waals surface area contributed by atoms with Crippen LogP contribution < -0.4 is 10.1 Å². The van der Waals surface area contributed by atoms with E-state index in [4.69, 9.17) is 4.74 Å². The molecule has 1 amide bonds. The quantitative estimate of drug-likeness (QED) is 0.626. The van der Waals surface area contributed by atoms with Crippen molar-refractivity contribution in [2.45, 2.75) is 32.7 Å². The summed E-state index contributed by atoms with van der Waals surface area (Å²) in [6, 6.07) is 18.5. The normalized spacial score (nSPS) is 14.8. The number of aromatic nitrogens is 1. The summed E-state index contributed by atoms with van der Waals surface area (Å²) in [5, 5.41) is 12.8. The number of carbonyl (C=O) groups is 1. The van der Waals surface area contributed by atoms with Crippen LogP contribution >= 0.6 is 0 Å². The Bertz CT molecular complexity index is 1190. The molecule has 0 fully saturated rings. The zero-order chi connectivity index (χ0) is 22.8. The van der Waals surface area contributed by atoms with E-state index in [2.05, 4.69) is 40.6 Å². The van der Waals surface area contributed by atoms with Crippen molar-refractivity contribution in [1.82, 2.24) is 9.47 Å². The minimum absolute atomic E-state index is 0.138. The number of aryl methyl sites for hydroxylation is 1. The lowest BCUT2D eigenvalue weighted by Crippen LogP contribution is -2.33. The standard InChI is InChI=1S/C26H28N4O2/c1-17-18(2)30(20-10-12-21(32-4)13-11-20)26(23(17)15-27)28-25(31)16-29(3)24-14-9-19-7-5-6-8-22(19)24/h5-8,10-13,24H,9,14,16H2,1-4H3,(H,28,31). The molecule has 1 aliphatic rings. The minimum atomic E-state index is -0.138. The number of likely N-dealkylation sites (N-methyl/N-ethyl adjacent to an activating group) is 1. The van der Waals surface area contributed by atoms with E-state index in [1.165, 1.54) is 11.1 Å². The third-order valence-corrected chi connectivity index (χ3v) is 6.44. The van der Waals surface area contributed by atoms with E-state index in [9.17, 15) is 10.1 Å². The predicted octanol–water partition coefficient (Wildman–Crippen LogP) is 4.53. The number of nitrogens with one attached hydrogen (secondary N) is 1. The van der Waals surface area contributed by atoms with Gasteiger partial charge in [0.1, 0.15) is 17.6 Å². The summed E-state index contributed by atoms with van der Waals surface area (Å²) in [7, 11) is 3.61. The first kappa shape index (κ1) is 21.7. The molecule has 164 valence electrons. The molecular weight excluding hydrogens is 400 g/mol. The number of anilines is 1. The Morgan fingerprint density at radius 3 is 2.62 bits per heavy atom. The smallest absolute Gasteiger partial charge is 0.239 e. The first-order valence-corrected chi connectivity index (χ1v) is 10.8. The largest absolute Gasteiger partial charge is 0.497 e. The molecular formula is C26H28N4O2. The fraction of sp³-hybridized carbons (Fsp3) is 0.308. The zero-order valence-corrected chi connectivity index (χ0v) is 19.0. The van der Waals surface area contributed by atoms with Gasteiger partial charge in [-0.15, -0.1) is 0 Å². The topological polar surface area (TPSA) is 70.3 Å². The van der Waals surface area contributed by atoms with Crippen molar-refractivity contribution >= 4 is 11.7 Å². The van der Waals surface area contributed by atoms with Crippen molar-refractivity contribution in [1.29, 1.82) is 5.26 Å². The van der Waals surface area contributed by atoms with Gasteiger partial charge in [0.15, 0.2) is 0 Å². The summed E-state index contributed by atoms with van der Waals surface area (Å²) in [6.45, 7) is 4.11. The van der Waals surface area contributed by atoms with Crippen LogP contribution in [0.2, 0.25) is 0 Å². The van der Waals surface area contributed by atoms with Crippen LogP contribution in [0.3, 0.4) is 0 Å². The molecule has 3 aromatic rings. The number of rotatable bonds is 6. The van der Waals surface area contributed by atoms with Crippen molar-refractivity contribution in [2.75, 3.05) is 26.0 Å². The van der Waals surface area contributed by atoms with Gasteiger partial charge in [0.25, 0.3) is 0 Å². The van der Waals surface area contributed by atoms with Crippen LogP contribution in [0.15, 0.2) is 48.5 Å². The SMILES string of the molecule is COc1ccc(-n2c(C)c(C)c(C#N)c2NC(=O)CN(C)C2CCc3ccccc32)cc1. The molecule has 1 atom stereocenters. The molecule has 1 unspecified atom stereocenters. The highest BCUT2D eigenvalue weighted by Crippen LogP contribution is 2.35. The number of hydrogen-bond donors (Lipinski definition) is 1. The molecule has 4 rings (SSSR count). The second-order valence-corrected chi connectivity index (χ2v) is 8.30. The highest BCUT2D eigenvalue weighted by atomic mass is 16.5. The summed E-state index contributed by atoms with van der Waals surface area (Å²) >= 11 is 0. The number of carbonyl (C=O) groups excluding carboxylic acids is 1. The van der Waals surface area contributed by atoms with Crippen LogP contribution in [0, 0.1) is 25.2 Å². The third kappa shape index (κ3) is 3.88. The van der Waals surface area contributed by atoms with Gasteiger partial charge in [0.2, 0.25) is 5.91 Å². The molecule has 0 spiro atoms. The molecule has 1 aromatic heterocycles. The highest BCUT2D eigenvalue weighted by molar-refractivity contribution is 5.93. The molecule has 6 nitrogen and oxygen atoms in total. The van der Waals surface area contributed by atoms with Gasteiger partial charge in [-0.1, -0.05) is 24.3 Å². The first-order valence-electron chi connectivity index (χ1n) is 10.8. The lowest BCUT2D eigenvalue weighted by Gasteiger charge is -2.25. The van der Waals surface area contributed by atoms with Gasteiger partial charge in [0, 0.05) is 17.4 Å². The maximum absolute atomic E-state index is 13.1. The van der Waals surface area contributed by atoms with E-state index < -0.39 is 0 Å². The molecule has 1 heterocycles. The van der Waals surface area contributed by atoms with Crippen LogP contribution in [-0.4, -0.2) is 36.1 Å². The predicted molar refractivity (Wildman–Crippen MR) is 125 cm³/mol. The van der Waals surface area contributed by atoms with E-state index >= 15 is 0 Å². The average Bonchev–Trinajstić information content (AvgIpc) is 3.33. The number of ether oxygens (including phenoxy) is 1. The van der Waals surface area contributed by atoms with Crippen LogP contribution in [0.4, 0.5) is 5.82 Å². The number of amides is 1. The van der Waals surface area contributed by atoms with Gasteiger partial charge >= 0.3 is 0 Å². The number of hydrogen-bond acceptors (Lipinski definition) is 4. The van der Waals surface area contributed by atoms with Crippen LogP contribution in [0.1, 0.15) is 40.4 Å². The van der Waals surface area contributed by atoms with Gasteiger partial charge < -0.3 is 10.1 Å². The van der Waals surface area contributed by atoms with E-state index in [0.29, 0.717) is 11.4 Å². The second kappa shape index (κ2) is 8.89. The molecule has 6 heteroatoms. The lowest BCUT2D eigenvalue weighted by molar-refractivity contribution is -0.117. The number of methoxy groups -OCH3 is 1. The van der Waals surface area contributed by atoms with Crippen LogP contribution in [0.5, 0.6) is 5.75 Å². The molecule has 2 aromatic carbocycles. The van der Waals surface area contributed by atoms with Crippen LogP contribution in [-0.2, 0) is 11.2 Å². The summed E-state index contributed by atoms with van der Waals surface area (Å²) in [6.07, 6.45) is 2.04. The van der Waals surface area contributed by atoms with Gasteiger partial charge in [-0.05, 0) is 74.7 Å². The number of nitrogens with zero attached hydrogens (tertiary/aromatic N) is 3. The summed E-state index contributed by atoms with van der Waals surface area (Å²) in [5.74, 6) is 1.12. The van der Waals surface area contributed by atoms with Crippen molar-refractivity contribution in [3.05, 3.63) is 76.5 Å². The van der Waals surface area contributed by atoms with Crippen LogP contribution in [0.25, 0.3) is 5.69 Å². The minimum Gasteiger partial charge on any atom is -0.497 e. The Kier molecular flexibility index (Phi) is 6.02. The summed E-state index contributed by atoms with van der Waals surface area (Å²) in [5.41, 5.74) is 5.78. The van der Waals surface area contributed by atoms with Gasteiger partial charge in [-0.2, -0.15) is 5.26 Å². The van der Waals surface area contributed by atoms with Gasteiger partial charge in [-0.25, -0.2) is 0 Å². The van der Waals surface area contributed by atoms with E-state index in [-0.39, 0.29) is 18.5 Å². The molecule has 1 N–H and O–H groups in total. The van der Waals surface area contributed by atoms with Crippen molar-refractivity contribution in [2.24, 2.45) is 0 Å². The third-order valence-electron chi connectivity index (χ3n) is 6.44. The number of nitriles is 1. The van der Waals surface area contributed by atoms with E-state index in [1.54, 1.807) is 7.11 Å². The van der Waals surface area contributed by atoms with Crippen molar-refractivity contribution in [3.8, 4) is 17.5 Å². The van der Waals surface area contributed by atoms with Gasteiger partial charge in [0.05, 0.1) is 19.2 Å². The zero-order valence-electron chi connectivity index (χ0n) is 19.0. The Balaban J connectivity index is 1.59. The van der Waals surface area contributed by atoms with Crippen molar-refractivity contribution in [3.63, 3.8) is 0 Å². The molecule has 0 radical (unpaired) electrons. The van der Waals surface area contributed by atoms with E-state index in [1.807, 2.05) is 49.7 Å². The molecule has 0 bridgehead atoms. The number of benzene rings is 2. The van der Waals surface area contributed by atoms with E-state index in [0.717, 1.165) is 35.5 Å². The number of fused-ring (bicyclic) bond motifs is 1. The summed E-state index contributed by atoms with van der Waals surface area (Å²) < 4.78 is 7.19. The molecule has 0 saturated heterocycles. The Labute approximate surface area is 189 Å².